The van der Waals surface area contributed by atoms with E-state index in [2.05, 4.69) is 12.8 Å². The van der Waals surface area contributed by atoms with E-state index < -0.39 is 0 Å². The Bertz CT molecular complexity index is 55.7. The predicted molar refractivity (Wildman–Crippen MR) is 50.9 cm³/mol. The van der Waals surface area contributed by atoms with E-state index in [9.17, 15) is 5.11 Å². The van der Waals surface area contributed by atoms with Crippen molar-refractivity contribution in [2.24, 2.45) is 0 Å². The third-order valence-electron chi connectivity index (χ3n) is 0.989. The molecule has 0 bridgehead atoms. The Hall–Kier alpha value is 0.725. The van der Waals surface area contributed by atoms with Crippen LogP contribution in [0.3, 0.4) is 0 Å². The standard InChI is InChI=1S/C6H13BOS2/c1-9-5-6-10-7-3-2-4-8/h2-6H2,1H3/q-1. The molecule has 0 unspecified atom stereocenters. The van der Waals surface area contributed by atoms with E-state index in [1.165, 1.54) is 11.5 Å². The van der Waals surface area contributed by atoms with Crippen LogP contribution in [0.2, 0.25) is 6.32 Å². The van der Waals surface area contributed by atoms with E-state index >= 15 is 0 Å². The second kappa shape index (κ2) is 9.72. The molecule has 0 saturated heterocycles. The summed E-state index contributed by atoms with van der Waals surface area (Å²) in [4.78, 5) is 0. The summed E-state index contributed by atoms with van der Waals surface area (Å²) in [6.07, 6.45) is 3.88. The molecular formula is C6H13BOS2-. The van der Waals surface area contributed by atoms with Crippen LogP contribution in [0.5, 0.6) is 0 Å². The van der Waals surface area contributed by atoms with Crippen LogP contribution in [0.4, 0.5) is 0 Å². The Labute approximate surface area is 72.5 Å². The van der Waals surface area contributed by atoms with E-state index in [-0.39, 0.29) is 6.61 Å². The van der Waals surface area contributed by atoms with Crippen molar-refractivity contribution in [2.75, 3.05) is 24.4 Å². The molecular weight excluding hydrogens is 163 g/mol. The molecule has 0 heterocycles. The summed E-state index contributed by atoms with van der Waals surface area (Å²) in [6, 6.07) is 0. The van der Waals surface area contributed by atoms with Gasteiger partial charge in [-0.15, -0.1) is 6.61 Å². The fourth-order valence-electron chi connectivity index (χ4n) is 0.465. The van der Waals surface area contributed by atoms with Crippen LogP contribution in [0.15, 0.2) is 0 Å². The number of thioether (sulfide) groups is 1. The van der Waals surface area contributed by atoms with Gasteiger partial charge in [-0.3, -0.25) is 0 Å². The number of hydrogen-bond acceptors (Lipinski definition) is 3. The molecule has 4 heteroatoms. The van der Waals surface area contributed by atoms with Crippen molar-refractivity contribution in [3.8, 4) is 0 Å². The van der Waals surface area contributed by atoms with Gasteiger partial charge in [-0.05, 0) is 12.0 Å². The first kappa shape index (κ1) is 10.7. The minimum atomic E-state index is 0.0690. The van der Waals surface area contributed by atoms with E-state index in [1.54, 1.807) is 0 Å². The summed E-state index contributed by atoms with van der Waals surface area (Å²) >= 11 is 3.70. The fraction of sp³-hybridized carbons (Fsp3) is 1.00. The molecule has 0 spiro atoms. The van der Waals surface area contributed by atoms with Gasteiger partial charge < -0.3 is 5.11 Å². The van der Waals surface area contributed by atoms with Crippen molar-refractivity contribution in [1.82, 2.24) is 0 Å². The quantitative estimate of drug-likeness (QED) is 0.424. The van der Waals surface area contributed by atoms with Crippen molar-refractivity contribution in [1.29, 1.82) is 0 Å². The SMILES string of the molecule is CSCCS[B]CCC[O-]. The molecule has 0 rings (SSSR count). The summed E-state index contributed by atoms with van der Waals surface area (Å²) in [7, 11) is 0. The molecule has 1 radical (unpaired) electrons. The van der Waals surface area contributed by atoms with Crippen molar-refractivity contribution in [2.45, 2.75) is 12.7 Å². The number of hydrogen-bond donors (Lipinski definition) is 0. The lowest BCUT2D eigenvalue weighted by atomic mass is 10.0. The molecule has 0 aliphatic rings. The predicted octanol–water partition coefficient (Wildman–Crippen LogP) is 0.870. The average molecular weight is 176 g/mol. The zero-order valence-electron chi connectivity index (χ0n) is 6.34. The molecule has 59 valence electrons. The highest BCUT2D eigenvalue weighted by Crippen LogP contribution is 2.04. The van der Waals surface area contributed by atoms with E-state index in [1.807, 2.05) is 23.4 Å². The van der Waals surface area contributed by atoms with Crippen LogP contribution in [-0.4, -0.2) is 30.9 Å². The summed E-state index contributed by atoms with van der Waals surface area (Å²) < 4.78 is 0. The highest BCUT2D eigenvalue weighted by molar-refractivity contribution is 8.22. The zero-order valence-corrected chi connectivity index (χ0v) is 7.97. The van der Waals surface area contributed by atoms with Gasteiger partial charge in [-0.1, -0.05) is 12.7 Å². The van der Waals surface area contributed by atoms with Crippen molar-refractivity contribution in [3.63, 3.8) is 0 Å². The molecule has 0 saturated carbocycles. The lowest BCUT2D eigenvalue weighted by Crippen LogP contribution is -2.05. The maximum Gasteiger partial charge on any atom is 0.191 e. The van der Waals surface area contributed by atoms with E-state index in [0.717, 1.165) is 12.7 Å². The van der Waals surface area contributed by atoms with Gasteiger partial charge in [0.25, 0.3) is 0 Å². The molecule has 0 aliphatic carbocycles. The smallest absolute Gasteiger partial charge is 0.191 e. The second-order valence-electron chi connectivity index (χ2n) is 1.88. The van der Waals surface area contributed by atoms with Gasteiger partial charge in [0, 0.05) is 5.75 Å². The molecule has 0 fully saturated rings. The van der Waals surface area contributed by atoms with Gasteiger partial charge in [-0.2, -0.15) is 11.8 Å². The van der Waals surface area contributed by atoms with Crippen LogP contribution in [0.25, 0.3) is 0 Å². The molecule has 0 N–H and O–H groups in total. The van der Waals surface area contributed by atoms with Crippen LogP contribution in [0, 0.1) is 0 Å². The first-order valence-electron chi connectivity index (χ1n) is 3.42. The maximum absolute atomic E-state index is 9.99. The molecule has 0 aromatic rings. The maximum atomic E-state index is 9.99. The van der Waals surface area contributed by atoms with Crippen LogP contribution in [-0.2, 0) is 0 Å². The van der Waals surface area contributed by atoms with Gasteiger partial charge in [0.2, 0.25) is 0 Å². The second-order valence-corrected chi connectivity index (χ2v) is 3.94. The topological polar surface area (TPSA) is 23.1 Å². The van der Waals surface area contributed by atoms with Crippen molar-refractivity contribution in [3.05, 3.63) is 0 Å². The Morgan fingerprint density at radius 2 is 2.20 bits per heavy atom. The monoisotopic (exact) mass is 176 g/mol. The first-order chi connectivity index (χ1) is 4.91. The van der Waals surface area contributed by atoms with Crippen LogP contribution in [0.1, 0.15) is 6.42 Å². The van der Waals surface area contributed by atoms with Gasteiger partial charge in [0.1, 0.15) is 0 Å². The van der Waals surface area contributed by atoms with Crippen molar-refractivity contribution >= 4 is 29.9 Å². The normalized spacial score (nSPS) is 9.80. The number of rotatable bonds is 7. The van der Waals surface area contributed by atoms with Gasteiger partial charge in [-0.25, -0.2) is 11.6 Å². The fourth-order valence-corrected chi connectivity index (χ4v) is 2.02. The molecule has 10 heavy (non-hydrogen) atoms. The van der Waals surface area contributed by atoms with E-state index in [0.29, 0.717) is 0 Å². The molecule has 0 amide bonds. The Kier molecular flexibility index (Phi) is 10.4. The highest BCUT2D eigenvalue weighted by Gasteiger charge is 1.89. The van der Waals surface area contributed by atoms with Crippen molar-refractivity contribution < 1.29 is 5.11 Å². The Morgan fingerprint density at radius 3 is 2.80 bits per heavy atom. The lowest BCUT2D eigenvalue weighted by Gasteiger charge is -2.01. The molecule has 0 aliphatic heterocycles. The zero-order chi connectivity index (χ0) is 7.66. The average Bonchev–Trinajstić information content (AvgIpc) is 1.97. The first-order valence-corrected chi connectivity index (χ1v) is 5.86. The highest BCUT2D eigenvalue weighted by atomic mass is 32.2. The third-order valence-corrected chi connectivity index (χ3v) is 2.77. The van der Waals surface area contributed by atoms with Crippen LogP contribution >= 0.6 is 23.4 Å². The van der Waals surface area contributed by atoms with Gasteiger partial charge in [0.15, 0.2) is 6.56 Å². The van der Waals surface area contributed by atoms with Gasteiger partial charge >= 0.3 is 0 Å². The minimum Gasteiger partial charge on any atom is -0.854 e. The summed E-state index contributed by atoms with van der Waals surface area (Å²) in [5.41, 5.74) is 0. The molecule has 0 atom stereocenters. The van der Waals surface area contributed by atoms with E-state index in [4.69, 9.17) is 0 Å². The molecule has 0 aromatic heterocycles. The molecule has 1 nitrogen and oxygen atoms in total. The minimum absolute atomic E-state index is 0.0690. The Balaban J connectivity index is 2.65. The lowest BCUT2D eigenvalue weighted by molar-refractivity contribution is -0.367. The molecule has 0 aromatic carbocycles. The Morgan fingerprint density at radius 1 is 1.40 bits per heavy atom. The summed E-state index contributed by atoms with van der Waals surface area (Å²) in [5.74, 6) is 2.39. The largest absolute Gasteiger partial charge is 0.854 e. The third kappa shape index (κ3) is 8.72. The summed E-state index contributed by atoms with van der Waals surface area (Å²) in [6.45, 7) is 2.22. The summed E-state index contributed by atoms with van der Waals surface area (Å²) in [5, 5.41) is 9.99. The van der Waals surface area contributed by atoms with Gasteiger partial charge in [0.05, 0.1) is 0 Å². The van der Waals surface area contributed by atoms with Crippen LogP contribution < -0.4 is 5.11 Å².